The summed E-state index contributed by atoms with van der Waals surface area (Å²) in [5.74, 6) is 0.633. The van der Waals surface area contributed by atoms with Gasteiger partial charge in [-0.1, -0.05) is 31.2 Å². The van der Waals surface area contributed by atoms with Gasteiger partial charge < -0.3 is 10.1 Å². The van der Waals surface area contributed by atoms with E-state index in [4.69, 9.17) is 4.74 Å². The number of amides is 1. The van der Waals surface area contributed by atoms with Crippen LogP contribution >= 0.6 is 0 Å². The van der Waals surface area contributed by atoms with Gasteiger partial charge >= 0.3 is 0 Å². The largest absolute Gasteiger partial charge is 0.477 e. The Morgan fingerprint density at radius 1 is 1.35 bits per heavy atom. The molecule has 1 amide bonds. The third kappa shape index (κ3) is 2.71. The Hall–Kier alpha value is -2.30. The van der Waals surface area contributed by atoms with Crippen molar-refractivity contribution in [1.82, 2.24) is 15.1 Å². The molecule has 1 N–H and O–H groups in total. The molecule has 120 valence electrons. The number of aromatic nitrogens is 2. The molecular weight excluding hydrogens is 290 g/mol. The van der Waals surface area contributed by atoms with E-state index >= 15 is 0 Å². The Bertz CT molecular complexity index is 729. The van der Waals surface area contributed by atoms with E-state index in [0.29, 0.717) is 18.3 Å². The maximum Gasteiger partial charge on any atom is 0.272 e. The monoisotopic (exact) mass is 311 g/mol. The van der Waals surface area contributed by atoms with Crippen LogP contribution in [0.15, 0.2) is 24.3 Å². The molecule has 23 heavy (non-hydrogen) atoms. The van der Waals surface area contributed by atoms with Gasteiger partial charge in [0.05, 0.1) is 12.2 Å². The number of benzene rings is 1. The van der Waals surface area contributed by atoms with Crippen molar-refractivity contribution in [2.24, 2.45) is 0 Å². The summed E-state index contributed by atoms with van der Waals surface area (Å²) in [4.78, 5) is 12.6. The molecule has 5 heteroatoms. The van der Waals surface area contributed by atoms with Gasteiger partial charge in [-0.2, -0.15) is 5.10 Å². The predicted octanol–water partition coefficient (Wildman–Crippen LogP) is 2.79. The molecule has 1 aromatic carbocycles. The summed E-state index contributed by atoms with van der Waals surface area (Å²) >= 11 is 0. The molecule has 0 radical (unpaired) electrons. The number of hydrogen-bond donors (Lipinski definition) is 1. The molecule has 1 aromatic heterocycles. The Kier molecular flexibility index (Phi) is 3.56. The van der Waals surface area contributed by atoms with Crippen LogP contribution < -0.4 is 10.1 Å². The summed E-state index contributed by atoms with van der Waals surface area (Å²) in [5.41, 5.74) is 3.58. The minimum atomic E-state index is -0.0902. The maximum atomic E-state index is 12.6. The predicted molar refractivity (Wildman–Crippen MR) is 87.6 cm³/mol. The van der Waals surface area contributed by atoms with E-state index in [1.54, 1.807) is 0 Å². The lowest BCUT2D eigenvalue weighted by molar-refractivity contribution is 0.0945. The summed E-state index contributed by atoms with van der Waals surface area (Å²) in [5, 5.41) is 7.57. The van der Waals surface area contributed by atoms with Crippen LogP contribution in [-0.4, -0.2) is 28.3 Å². The third-order valence-corrected chi connectivity index (χ3v) is 4.44. The van der Waals surface area contributed by atoms with Crippen LogP contribution in [0.25, 0.3) is 11.1 Å². The molecule has 2 aliphatic rings. The van der Waals surface area contributed by atoms with E-state index in [2.05, 4.69) is 41.6 Å². The van der Waals surface area contributed by atoms with Gasteiger partial charge in [-0.05, 0) is 30.4 Å². The first-order valence-electron chi connectivity index (χ1n) is 8.40. The number of rotatable bonds is 4. The molecule has 0 bridgehead atoms. The fourth-order valence-electron chi connectivity index (χ4n) is 2.94. The standard InChI is InChI=1S/C18H21N3O2/c1-2-12-4-6-13(7-5-12)15-16(17(22)19-14-8-9-14)20-21-10-3-11-23-18(15)21/h4-7,14H,2-3,8-11H2,1H3,(H,19,22). The van der Waals surface area contributed by atoms with Crippen LogP contribution in [0.3, 0.4) is 0 Å². The van der Waals surface area contributed by atoms with Crippen molar-refractivity contribution in [3.8, 4) is 17.0 Å². The van der Waals surface area contributed by atoms with Crippen LogP contribution in [0.4, 0.5) is 0 Å². The lowest BCUT2D eigenvalue weighted by Gasteiger charge is -2.16. The van der Waals surface area contributed by atoms with Crippen molar-refractivity contribution in [2.45, 2.75) is 45.2 Å². The molecule has 1 saturated carbocycles. The smallest absolute Gasteiger partial charge is 0.272 e. The minimum Gasteiger partial charge on any atom is -0.477 e. The van der Waals surface area contributed by atoms with Gasteiger partial charge in [-0.3, -0.25) is 4.79 Å². The molecule has 0 unspecified atom stereocenters. The van der Waals surface area contributed by atoms with E-state index in [1.807, 2.05) is 4.68 Å². The van der Waals surface area contributed by atoms with Crippen molar-refractivity contribution < 1.29 is 9.53 Å². The van der Waals surface area contributed by atoms with Crippen LogP contribution in [-0.2, 0) is 13.0 Å². The maximum absolute atomic E-state index is 12.6. The van der Waals surface area contributed by atoms with Crippen molar-refractivity contribution in [1.29, 1.82) is 0 Å². The molecule has 1 aliphatic carbocycles. The van der Waals surface area contributed by atoms with Crippen LogP contribution in [0.5, 0.6) is 5.88 Å². The highest BCUT2D eigenvalue weighted by Crippen LogP contribution is 2.36. The molecule has 5 nitrogen and oxygen atoms in total. The van der Waals surface area contributed by atoms with Crippen molar-refractivity contribution in [3.05, 3.63) is 35.5 Å². The van der Waals surface area contributed by atoms with Gasteiger partial charge in [-0.15, -0.1) is 0 Å². The average Bonchev–Trinajstić information content (AvgIpc) is 3.31. The number of ether oxygens (including phenoxy) is 1. The number of nitrogens with one attached hydrogen (secondary N) is 1. The van der Waals surface area contributed by atoms with Crippen molar-refractivity contribution >= 4 is 5.91 Å². The van der Waals surface area contributed by atoms with E-state index in [1.165, 1.54) is 5.56 Å². The fourth-order valence-corrected chi connectivity index (χ4v) is 2.94. The Balaban J connectivity index is 1.77. The molecule has 2 aromatic rings. The topological polar surface area (TPSA) is 56.2 Å². The Morgan fingerprint density at radius 2 is 2.13 bits per heavy atom. The third-order valence-electron chi connectivity index (χ3n) is 4.44. The van der Waals surface area contributed by atoms with E-state index < -0.39 is 0 Å². The SMILES string of the molecule is CCc1ccc(-c2c(C(=O)NC3CC3)nn3c2OCCC3)cc1. The van der Waals surface area contributed by atoms with E-state index in [-0.39, 0.29) is 5.91 Å². The van der Waals surface area contributed by atoms with Gasteiger partial charge in [0.15, 0.2) is 5.69 Å². The van der Waals surface area contributed by atoms with E-state index in [9.17, 15) is 4.79 Å². The average molecular weight is 311 g/mol. The zero-order chi connectivity index (χ0) is 15.8. The lowest BCUT2D eigenvalue weighted by atomic mass is 10.0. The molecule has 0 saturated heterocycles. The van der Waals surface area contributed by atoms with Crippen molar-refractivity contribution in [2.75, 3.05) is 6.61 Å². The summed E-state index contributed by atoms with van der Waals surface area (Å²) in [6.45, 7) is 3.61. The first-order valence-corrected chi connectivity index (χ1v) is 8.40. The number of nitrogens with zero attached hydrogens (tertiary/aromatic N) is 2. The van der Waals surface area contributed by atoms with Gasteiger partial charge in [0, 0.05) is 19.0 Å². The van der Waals surface area contributed by atoms with Crippen molar-refractivity contribution in [3.63, 3.8) is 0 Å². The number of carbonyl (C=O) groups excluding carboxylic acids is 1. The summed E-state index contributed by atoms with van der Waals surface area (Å²) in [6, 6.07) is 8.64. The number of hydrogen-bond acceptors (Lipinski definition) is 3. The Labute approximate surface area is 135 Å². The highest BCUT2D eigenvalue weighted by Gasteiger charge is 2.30. The van der Waals surface area contributed by atoms with Gasteiger partial charge in [0.25, 0.3) is 5.91 Å². The normalized spacial score (nSPS) is 16.6. The number of carbonyl (C=O) groups is 1. The highest BCUT2D eigenvalue weighted by molar-refractivity contribution is 6.00. The highest BCUT2D eigenvalue weighted by atomic mass is 16.5. The second-order valence-corrected chi connectivity index (χ2v) is 6.25. The summed E-state index contributed by atoms with van der Waals surface area (Å²) in [6.07, 6.45) is 4.05. The zero-order valence-corrected chi connectivity index (χ0v) is 13.3. The second kappa shape index (κ2) is 5.72. The minimum absolute atomic E-state index is 0.0902. The lowest BCUT2D eigenvalue weighted by Crippen LogP contribution is -2.26. The van der Waals surface area contributed by atoms with Crippen LogP contribution in [0.2, 0.25) is 0 Å². The molecule has 1 aliphatic heterocycles. The first-order chi connectivity index (χ1) is 11.3. The first kappa shape index (κ1) is 14.3. The molecular formula is C18H21N3O2. The number of fused-ring (bicyclic) bond motifs is 1. The molecule has 0 spiro atoms. The molecule has 0 atom stereocenters. The number of aryl methyl sites for hydroxylation is 2. The zero-order valence-electron chi connectivity index (χ0n) is 13.3. The molecule has 2 heterocycles. The Morgan fingerprint density at radius 3 is 2.83 bits per heavy atom. The fraction of sp³-hybridized carbons (Fsp3) is 0.444. The molecule has 1 fully saturated rings. The summed E-state index contributed by atoms with van der Waals surface area (Å²) < 4.78 is 7.67. The van der Waals surface area contributed by atoms with Gasteiger partial charge in [0.2, 0.25) is 5.88 Å². The van der Waals surface area contributed by atoms with E-state index in [0.717, 1.165) is 49.2 Å². The summed E-state index contributed by atoms with van der Waals surface area (Å²) in [7, 11) is 0. The second-order valence-electron chi connectivity index (χ2n) is 6.25. The van der Waals surface area contributed by atoms with Gasteiger partial charge in [0.1, 0.15) is 0 Å². The van der Waals surface area contributed by atoms with Crippen LogP contribution in [0, 0.1) is 0 Å². The quantitative estimate of drug-likeness (QED) is 0.944. The molecule has 4 rings (SSSR count). The van der Waals surface area contributed by atoms with Gasteiger partial charge in [-0.25, -0.2) is 4.68 Å². The van der Waals surface area contributed by atoms with Crippen LogP contribution in [0.1, 0.15) is 42.2 Å².